The smallest absolute Gasteiger partial charge is 0.328 e. The van der Waals surface area contributed by atoms with Crippen LogP contribution in [0.25, 0.3) is 5.65 Å². The number of pyridine rings is 1. The lowest BCUT2D eigenvalue weighted by atomic mass is 10.2. The highest BCUT2D eigenvalue weighted by molar-refractivity contribution is 5.97. The van der Waals surface area contributed by atoms with Crippen molar-refractivity contribution in [3.8, 4) is 0 Å². The number of fused-ring (bicyclic) bond motifs is 1. The van der Waals surface area contributed by atoms with Gasteiger partial charge in [-0.1, -0.05) is 0 Å². The van der Waals surface area contributed by atoms with Crippen molar-refractivity contribution in [3.63, 3.8) is 0 Å². The second kappa shape index (κ2) is 5.16. The molecule has 3 heterocycles. The molecule has 1 amide bonds. The van der Waals surface area contributed by atoms with Crippen molar-refractivity contribution in [2.75, 3.05) is 13.7 Å². The molecule has 0 radical (unpaired) electrons. The first-order valence-electron chi connectivity index (χ1n) is 6.82. The van der Waals surface area contributed by atoms with E-state index in [1.807, 2.05) is 6.92 Å². The van der Waals surface area contributed by atoms with Gasteiger partial charge in [0.15, 0.2) is 5.65 Å². The van der Waals surface area contributed by atoms with Crippen molar-refractivity contribution in [1.82, 2.24) is 19.5 Å². The number of likely N-dealkylation sites (tertiary alicyclic amines) is 1. The number of carbonyl (C=O) groups excluding carboxylic acids is 2. The lowest BCUT2D eigenvalue weighted by molar-refractivity contribution is -0.145. The van der Waals surface area contributed by atoms with Crippen LogP contribution < -0.4 is 0 Å². The maximum atomic E-state index is 12.6. The predicted molar refractivity (Wildman–Crippen MR) is 73.8 cm³/mol. The molecule has 0 aromatic carbocycles. The van der Waals surface area contributed by atoms with Crippen molar-refractivity contribution < 1.29 is 14.3 Å². The molecule has 3 rings (SSSR count). The highest BCUT2D eigenvalue weighted by Crippen LogP contribution is 2.21. The first-order valence-corrected chi connectivity index (χ1v) is 6.82. The average Bonchev–Trinajstić information content (AvgIpc) is 3.12. The fourth-order valence-corrected chi connectivity index (χ4v) is 2.70. The van der Waals surface area contributed by atoms with Crippen LogP contribution in [-0.4, -0.2) is 51.1 Å². The summed E-state index contributed by atoms with van der Waals surface area (Å²) >= 11 is 0. The molecule has 0 spiro atoms. The summed E-state index contributed by atoms with van der Waals surface area (Å²) in [6.45, 7) is 2.41. The molecule has 7 nitrogen and oxygen atoms in total. The van der Waals surface area contributed by atoms with E-state index in [0.29, 0.717) is 24.2 Å². The molecule has 2 aromatic heterocycles. The first kappa shape index (κ1) is 13.5. The molecule has 1 aliphatic heterocycles. The Kier molecular flexibility index (Phi) is 3.32. The molecule has 1 saturated heterocycles. The van der Waals surface area contributed by atoms with E-state index in [0.717, 1.165) is 12.2 Å². The molecular formula is C14H16N4O3. The molecular weight excluding hydrogens is 272 g/mol. The monoisotopic (exact) mass is 288 g/mol. The molecule has 1 unspecified atom stereocenters. The van der Waals surface area contributed by atoms with Gasteiger partial charge >= 0.3 is 5.97 Å². The van der Waals surface area contributed by atoms with Crippen LogP contribution in [0.4, 0.5) is 0 Å². The molecule has 0 N–H and O–H groups in total. The van der Waals surface area contributed by atoms with E-state index >= 15 is 0 Å². The second-order valence-electron chi connectivity index (χ2n) is 5.07. The van der Waals surface area contributed by atoms with Gasteiger partial charge in [-0.25, -0.2) is 4.79 Å². The quantitative estimate of drug-likeness (QED) is 0.764. The summed E-state index contributed by atoms with van der Waals surface area (Å²) in [5, 5.41) is 7.97. The summed E-state index contributed by atoms with van der Waals surface area (Å²) in [6.07, 6.45) is 3.21. The second-order valence-corrected chi connectivity index (χ2v) is 5.07. The molecule has 1 atom stereocenters. The normalized spacial score (nSPS) is 18.2. The zero-order valence-corrected chi connectivity index (χ0v) is 11.9. The number of aromatic nitrogens is 3. The number of aryl methyl sites for hydroxylation is 1. The number of ether oxygens (including phenoxy) is 1. The number of rotatable bonds is 2. The fourth-order valence-electron chi connectivity index (χ4n) is 2.70. The third-order valence-electron chi connectivity index (χ3n) is 3.81. The van der Waals surface area contributed by atoms with E-state index in [1.165, 1.54) is 7.11 Å². The molecule has 2 aromatic rings. The molecule has 21 heavy (non-hydrogen) atoms. The summed E-state index contributed by atoms with van der Waals surface area (Å²) in [5.74, 6) is 0.226. The number of methoxy groups -OCH3 is 1. The summed E-state index contributed by atoms with van der Waals surface area (Å²) < 4.78 is 6.57. The lowest BCUT2D eigenvalue weighted by Gasteiger charge is -2.22. The van der Waals surface area contributed by atoms with Gasteiger partial charge in [0.2, 0.25) is 0 Å². The predicted octanol–water partition coefficient (Wildman–Crippen LogP) is 0.815. The topological polar surface area (TPSA) is 76.8 Å². The van der Waals surface area contributed by atoms with Gasteiger partial charge in [-0.2, -0.15) is 0 Å². The van der Waals surface area contributed by atoms with Crippen LogP contribution in [0, 0.1) is 6.92 Å². The van der Waals surface area contributed by atoms with E-state index in [9.17, 15) is 9.59 Å². The van der Waals surface area contributed by atoms with Crippen LogP contribution >= 0.6 is 0 Å². The Morgan fingerprint density at radius 2 is 2.19 bits per heavy atom. The molecule has 7 heteroatoms. The van der Waals surface area contributed by atoms with Crippen molar-refractivity contribution in [3.05, 3.63) is 29.7 Å². The van der Waals surface area contributed by atoms with Gasteiger partial charge in [-0.15, -0.1) is 10.2 Å². The van der Waals surface area contributed by atoms with Crippen LogP contribution in [0.5, 0.6) is 0 Å². The Labute approximate surface area is 121 Å². The van der Waals surface area contributed by atoms with Crippen LogP contribution in [-0.2, 0) is 9.53 Å². The summed E-state index contributed by atoms with van der Waals surface area (Å²) in [7, 11) is 1.34. The average molecular weight is 288 g/mol. The van der Waals surface area contributed by atoms with Gasteiger partial charge in [0.05, 0.1) is 7.11 Å². The minimum Gasteiger partial charge on any atom is -0.467 e. The van der Waals surface area contributed by atoms with Crippen molar-refractivity contribution in [1.29, 1.82) is 0 Å². The minimum atomic E-state index is -0.488. The van der Waals surface area contributed by atoms with E-state index < -0.39 is 6.04 Å². The Bertz CT molecular complexity index is 709. The SMILES string of the molecule is COC(=O)C1CCCN1C(=O)c1ccn2c(C)nnc2c1. The van der Waals surface area contributed by atoms with Gasteiger partial charge < -0.3 is 9.64 Å². The van der Waals surface area contributed by atoms with E-state index in [4.69, 9.17) is 4.74 Å². The lowest BCUT2D eigenvalue weighted by Crippen LogP contribution is -2.41. The van der Waals surface area contributed by atoms with Gasteiger partial charge in [0.1, 0.15) is 11.9 Å². The summed E-state index contributed by atoms with van der Waals surface area (Å²) in [6, 6.07) is 2.92. The highest BCUT2D eigenvalue weighted by atomic mass is 16.5. The van der Waals surface area contributed by atoms with Crippen LogP contribution in [0.3, 0.4) is 0 Å². The molecule has 0 aliphatic carbocycles. The largest absolute Gasteiger partial charge is 0.467 e. The maximum absolute atomic E-state index is 12.6. The number of amides is 1. The highest BCUT2D eigenvalue weighted by Gasteiger charge is 2.35. The van der Waals surface area contributed by atoms with Gasteiger partial charge in [-0.05, 0) is 31.9 Å². The Morgan fingerprint density at radius 3 is 2.95 bits per heavy atom. The zero-order chi connectivity index (χ0) is 15.0. The van der Waals surface area contributed by atoms with Gasteiger partial charge in [-0.3, -0.25) is 9.20 Å². The van der Waals surface area contributed by atoms with Gasteiger partial charge in [0.25, 0.3) is 5.91 Å². The summed E-state index contributed by atoms with van der Waals surface area (Å²) in [4.78, 5) is 25.9. The van der Waals surface area contributed by atoms with Crippen molar-refractivity contribution in [2.45, 2.75) is 25.8 Å². The fraction of sp³-hybridized carbons (Fsp3) is 0.429. The van der Waals surface area contributed by atoms with Crippen LogP contribution in [0.15, 0.2) is 18.3 Å². The number of esters is 1. The number of nitrogens with zero attached hydrogens (tertiary/aromatic N) is 4. The molecule has 0 bridgehead atoms. The van der Waals surface area contributed by atoms with Crippen LogP contribution in [0.2, 0.25) is 0 Å². The number of hydrogen-bond donors (Lipinski definition) is 0. The Hall–Kier alpha value is -2.44. The molecule has 1 aliphatic rings. The number of carbonyl (C=O) groups is 2. The number of hydrogen-bond acceptors (Lipinski definition) is 5. The van der Waals surface area contributed by atoms with E-state index in [-0.39, 0.29) is 11.9 Å². The van der Waals surface area contributed by atoms with Gasteiger partial charge in [0, 0.05) is 18.3 Å². The molecule has 0 saturated carbocycles. The first-order chi connectivity index (χ1) is 10.1. The third-order valence-corrected chi connectivity index (χ3v) is 3.81. The summed E-state index contributed by atoms with van der Waals surface area (Å²) in [5.41, 5.74) is 1.12. The molecule has 110 valence electrons. The van der Waals surface area contributed by atoms with E-state index in [1.54, 1.807) is 27.6 Å². The van der Waals surface area contributed by atoms with Crippen molar-refractivity contribution in [2.24, 2.45) is 0 Å². The third kappa shape index (κ3) is 2.24. The van der Waals surface area contributed by atoms with E-state index in [2.05, 4.69) is 10.2 Å². The standard InChI is InChI=1S/C14H16N4O3/c1-9-15-16-12-8-10(5-7-17(9)12)13(19)18-6-3-4-11(18)14(20)21-2/h5,7-8,11H,3-4,6H2,1-2H3. The minimum absolute atomic E-state index is 0.175. The Balaban J connectivity index is 1.90. The maximum Gasteiger partial charge on any atom is 0.328 e. The zero-order valence-electron chi connectivity index (χ0n) is 11.9. The Morgan fingerprint density at radius 1 is 1.38 bits per heavy atom. The molecule has 1 fully saturated rings. The van der Waals surface area contributed by atoms with Crippen molar-refractivity contribution >= 4 is 17.5 Å². The van der Waals surface area contributed by atoms with Crippen LogP contribution in [0.1, 0.15) is 29.0 Å².